The van der Waals surface area contributed by atoms with Crippen LogP contribution < -0.4 is 5.32 Å². The standard InChI is InChI=1S/C19H16N6O/c26-19(17-3-1-2-8-21-17)22-11-6-15-13-18-23-16(7-12-25(18)24-15)14-4-9-20-10-5-14/h1-5,7-10,12-13H,6,11H2,(H,22,26). The monoisotopic (exact) mass is 344 g/mol. The first-order chi connectivity index (χ1) is 12.8. The summed E-state index contributed by atoms with van der Waals surface area (Å²) >= 11 is 0. The summed E-state index contributed by atoms with van der Waals surface area (Å²) in [5.74, 6) is -0.188. The highest BCUT2D eigenvalue weighted by molar-refractivity contribution is 5.92. The van der Waals surface area contributed by atoms with E-state index in [1.54, 1.807) is 41.3 Å². The summed E-state index contributed by atoms with van der Waals surface area (Å²) in [5, 5.41) is 7.34. The molecule has 7 heteroatoms. The Morgan fingerprint density at radius 1 is 1.08 bits per heavy atom. The van der Waals surface area contributed by atoms with Crippen LogP contribution in [0.25, 0.3) is 16.9 Å². The van der Waals surface area contributed by atoms with Gasteiger partial charge in [-0.25, -0.2) is 9.50 Å². The third-order valence-electron chi connectivity index (χ3n) is 3.92. The Morgan fingerprint density at radius 3 is 2.77 bits per heavy atom. The van der Waals surface area contributed by atoms with Gasteiger partial charge in [0.1, 0.15) is 5.69 Å². The quantitative estimate of drug-likeness (QED) is 0.600. The van der Waals surface area contributed by atoms with Crippen LogP contribution in [0.3, 0.4) is 0 Å². The molecule has 7 nitrogen and oxygen atoms in total. The highest BCUT2D eigenvalue weighted by Crippen LogP contribution is 2.16. The summed E-state index contributed by atoms with van der Waals surface area (Å²) in [5.41, 5.74) is 3.92. The van der Waals surface area contributed by atoms with Crippen LogP contribution in [0.15, 0.2) is 67.3 Å². The Morgan fingerprint density at radius 2 is 1.96 bits per heavy atom. The van der Waals surface area contributed by atoms with Gasteiger partial charge in [0.25, 0.3) is 5.91 Å². The van der Waals surface area contributed by atoms with Gasteiger partial charge in [-0.05, 0) is 30.3 Å². The van der Waals surface area contributed by atoms with Crippen molar-refractivity contribution in [1.82, 2.24) is 29.9 Å². The second kappa shape index (κ2) is 7.10. The SMILES string of the molecule is O=C(NCCc1cc2nc(-c3ccncc3)ccn2n1)c1ccccn1. The number of pyridine rings is 2. The summed E-state index contributed by atoms with van der Waals surface area (Å²) in [7, 11) is 0. The van der Waals surface area contributed by atoms with Crippen LogP contribution in [0.5, 0.6) is 0 Å². The molecule has 4 rings (SSSR count). The average molecular weight is 344 g/mol. The minimum Gasteiger partial charge on any atom is -0.350 e. The van der Waals surface area contributed by atoms with Crippen LogP contribution >= 0.6 is 0 Å². The molecule has 0 atom stereocenters. The second-order valence-electron chi connectivity index (χ2n) is 5.71. The van der Waals surface area contributed by atoms with Crippen LogP contribution in [-0.4, -0.2) is 37.0 Å². The number of nitrogens with zero attached hydrogens (tertiary/aromatic N) is 5. The van der Waals surface area contributed by atoms with Crippen molar-refractivity contribution in [3.05, 3.63) is 78.6 Å². The highest BCUT2D eigenvalue weighted by atomic mass is 16.1. The first-order valence-electron chi connectivity index (χ1n) is 8.24. The smallest absolute Gasteiger partial charge is 0.269 e. The molecule has 0 aliphatic heterocycles. The fourth-order valence-corrected chi connectivity index (χ4v) is 2.63. The van der Waals surface area contributed by atoms with Crippen LogP contribution in [0, 0.1) is 0 Å². The van der Waals surface area contributed by atoms with Crippen molar-refractivity contribution < 1.29 is 4.79 Å². The fourth-order valence-electron chi connectivity index (χ4n) is 2.63. The van der Waals surface area contributed by atoms with Crippen molar-refractivity contribution in [3.8, 4) is 11.3 Å². The Labute approximate surface area is 149 Å². The summed E-state index contributed by atoms with van der Waals surface area (Å²) in [6.07, 6.45) is 7.59. The molecule has 1 amide bonds. The molecule has 1 N–H and O–H groups in total. The van der Waals surface area contributed by atoms with E-state index >= 15 is 0 Å². The molecule has 128 valence electrons. The first kappa shape index (κ1) is 15.9. The Bertz CT molecular complexity index is 1030. The van der Waals surface area contributed by atoms with Gasteiger partial charge in [-0.3, -0.25) is 14.8 Å². The molecule has 0 spiro atoms. The average Bonchev–Trinajstić information content (AvgIpc) is 3.11. The summed E-state index contributed by atoms with van der Waals surface area (Å²) < 4.78 is 1.74. The zero-order valence-electron chi connectivity index (χ0n) is 13.9. The molecule has 26 heavy (non-hydrogen) atoms. The lowest BCUT2D eigenvalue weighted by atomic mass is 10.2. The highest BCUT2D eigenvalue weighted by Gasteiger charge is 2.08. The molecule has 0 bridgehead atoms. The second-order valence-corrected chi connectivity index (χ2v) is 5.71. The van der Waals surface area contributed by atoms with Gasteiger partial charge in [0.2, 0.25) is 0 Å². The molecule has 4 aromatic heterocycles. The Balaban J connectivity index is 1.44. The molecule has 0 radical (unpaired) electrons. The number of hydrogen-bond acceptors (Lipinski definition) is 5. The van der Waals surface area contributed by atoms with E-state index in [0.29, 0.717) is 18.7 Å². The summed E-state index contributed by atoms with van der Waals surface area (Å²) in [4.78, 5) is 24.7. The largest absolute Gasteiger partial charge is 0.350 e. The van der Waals surface area contributed by atoms with Gasteiger partial charge in [0.15, 0.2) is 5.65 Å². The molecule has 0 fully saturated rings. The van der Waals surface area contributed by atoms with Crippen molar-refractivity contribution in [3.63, 3.8) is 0 Å². The predicted octanol–water partition coefficient (Wildman–Crippen LogP) is 2.16. The lowest BCUT2D eigenvalue weighted by Crippen LogP contribution is -2.26. The van der Waals surface area contributed by atoms with Gasteiger partial charge in [-0.2, -0.15) is 5.10 Å². The maximum absolute atomic E-state index is 12.0. The third-order valence-corrected chi connectivity index (χ3v) is 3.92. The van der Waals surface area contributed by atoms with Crippen molar-refractivity contribution in [2.45, 2.75) is 6.42 Å². The van der Waals surface area contributed by atoms with Gasteiger partial charge >= 0.3 is 0 Å². The van der Waals surface area contributed by atoms with Gasteiger partial charge < -0.3 is 5.32 Å². The van der Waals surface area contributed by atoms with Crippen LogP contribution in [0.4, 0.5) is 0 Å². The van der Waals surface area contributed by atoms with E-state index in [0.717, 1.165) is 22.6 Å². The topological polar surface area (TPSA) is 85.1 Å². The van der Waals surface area contributed by atoms with Crippen molar-refractivity contribution in [2.75, 3.05) is 6.54 Å². The summed E-state index contributed by atoms with van der Waals surface area (Å²) in [6, 6.07) is 12.9. The molecule has 0 unspecified atom stereocenters. The zero-order valence-corrected chi connectivity index (χ0v) is 13.9. The maximum Gasteiger partial charge on any atom is 0.269 e. The number of aromatic nitrogens is 5. The molecule has 0 saturated heterocycles. The van der Waals surface area contributed by atoms with Gasteiger partial charge in [0.05, 0.1) is 11.4 Å². The molecule has 0 aromatic carbocycles. The van der Waals surface area contributed by atoms with Crippen molar-refractivity contribution >= 4 is 11.6 Å². The van der Waals surface area contributed by atoms with Crippen LogP contribution in [-0.2, 0) is 6.42 Å². The van der Waals surface area contributed by atoms with E-state index in [4.69, 9.17) is 0 Å². The number of hydrogen-bond donors (Lipinski definition) is 1. The normalized spacial score (nSPS) is 10.8. The maximum atomic E-state index is 12.0. The van der Waals surface area contributed by atoms with E-state index in [1.165, 1.54) is 0 Å². The number of fused-ring (bicyclic) bond motifs is 1. The molecule has 0 aliphatic carbocycles. The fraction of sp³-hybridized carbons (Fsp3) is 0.105. The number of carbonyl (C=O) groups is 1. The molecule has 4 heterocycles. The van der Waals surface area contributed by atoms with E-state index in [1.807, 2.05) is 30.5 Å². The van der Waals surface area contributed by atoms with E-state index < -0.39 is 0 Å². The Hall–Kier alpha value is -3.61. The number of amides is 1. The minimum atomic E-state index is -0.188. The molecule has 0 aliphatic rings. The van der Waals surface area contributed by atoms with E-state index in [-0.39, 0.29) is 5.91 Å². The minimum absolute atomic E-state index is 0.188. The molecule has 4 aromatic rings. The van der Waals surface area contributed by atoms with Crippen molar-refractivity contribution in [1.29, 1.82) is 0 Å². The van der Waals surface area contributed by atoms with Crippen LogP contribution in [0.2, 0.25) is 0 Å². The first-order valence-corrected chi connectivity index (χ1v) is 8.24. The van der Waals surface area contributed by atoms with Gasteiger partial charge in [0, 0.05) is 49.4 Å². The van der Waals surface area contributed by atoms with E-state index in [9.17, 15) is 4.79 Å². The lowest BCUT2D eigenvalue weighted by molar-refractivity contribution is 0.0949. The van der Waals surface area contributed by atoms with Crippen molar-refractivity contribution in [2.24, 2.45) is 0 Å². The predicted molar refractivity (Wildman–Crippen MR) is 96.5 cm³/mol. The van der Waals surface area contributed by atoms with Crippen LogP contribution in [0.1, 0.15) is 16.2 Å². The number of rotatable bonds is 5. The number of nitrogens with one attached hydrogen (secondary N) is 1. The Kier molecular flexibility index (Phi) is 4.34. The molecular formula is C19H16N6O. The molecular weight excluding hydrogens is 328 g/mol. The zero-order chi connectivity index (χ0) is 17.8. The van der Waals surface area contributed by atoms with Gasteiger partial charge in [-0.15, -0.1) is 0 Å². The third kappa shape index (κ3) is 3.41. The summed E-state index contributed by atoms with van der Waals surface area (Å²) in [6.45, 7) is 0.483. The lowest BCUT2D eigenvalue weighted by Gasteiger charge is -2.02. The van der Waals surface area contributed by atoms with E-state index in [2.05, 4.69) is 25.4 Å². The number of carbonyl (C=O) groups excluding carboxylic acids is 1. The molecule has 0 saturated carbocycles. The van der Waals surface area contributed by atoms with Gasteiger partial charge in [-0.1, -0.05) is 6.07 Å².